The van der Waals surface area contributed by atoms with Crippen molar-refractivity contribution < 1.29 is 14.2 Å². The van der Waals surface area contributed by atoms with Gasteiger partial charge in [-0.25, -0.2) is 4.99 Å². The molecule has 7 heteroatoms. The first-order valence-corrected chi connectivity index (χ1v) is 12.7. The lowest BCUT2D eigenvalue weighted by Crippen LogP contribution is -2.38. The quantitative estimate of drug-likeness (QED) is 0.431. The van der Waals surface area contributed by atoms with Gasteiger partial charge in [-0.1, -0.05) is 59.9 Å². The normalized spacial score (nSPS) is 17.8. The van der Waals surface area contributed by atoms with Crippen molar-refractivity contribution in [3.8, 4) is 17.2 Å². The molecule has 0 N–H and O–H groups in total. The van der Waals surface area contributed by atoms with E-state index in [4.69, 9.17) is 19.2 Å². The number of thiazole rings is 1. The summed E-state index contributed by atoms with van der Waals surface area (Å²) < 4.78 is 19.2. The van der Waals surface area contributed by atoms with E-state index in [1.807, 2.05) is 47.0 Å². The van der Waals surface area contributed by atoms with Crippen molar-refractivity contribution in [3.63, 3.8) is 0 Å². The van der Waals surface area contributed by atoms with Crippen LogP contribution in [0.25, 0.3) is 11.8 Å². The fourth-order valence-corrected chi connectivity index (χ4v) is 6.35. The lowest BCUT2D eigenvalue weighted by molar-refractivity contribution is 0.174. The molecule has 0 radical (unpaired) electrons. The van der Waals surface area contributed by atoms with Crippen molar-refractivity contribution in [2.75, 3.05) is 13.9 Å². The zero-order valence-electron chi connectivity index (χ0n) is 19.6. The first-order valence-electron chi connectivity index (χ1n) is 11.9. The minimum atomic E-state index is -0.278. The summed E-state index contributed by atoms with van der Waals surface area (Å²) in [6, 6.07) is 21.8. The molecule has 0 fully saturated rings. The van der Waals surface area contributed by atoms with Gasteiger partial charge >= 0.3 is 0 Å². The van der Waals surface area contributed by atoms with Gasteiger partial charge in [0.05, 0.1) is 23.4 Å². The van der Waals surface area contributed by atoms with E-state index in [2.05, 4.69) is 30.3 Å². The highest BCUT2D eigenvalue weighted by atomic mass is 32.1. The molecular weight excluding hydrogens is 472 g/mol. The van der Waals surface area contributed by atoms with Crippen LogP contribution < -0.4 is 29.1 Å². The summed E-state index contributed by atoms with van der Waals surface area (Å²) in [5, 5.41) is 0. The molecule has 4 aromatic rings. The topological polar surface area (TPSA) is 62.0 Å². The van der Waals surface area contributed by atoms with Crippen molar-refractivity contribution in [1.82, 2.24) is 4.57 Å². The average molecular weight is 495 g/mol. The van der Waals surface area contributed by atoms with Gasteiger partial charge in [0.25, 0.3) is 5.56 Å². The Balaban J connectivity index is 1.48. The third-order valence-corrected chi connectivity index (χ3v) is 7.98. The zero-order valence-corrected chi connectivity index (χ0v) is 20.4. The van der Waals surface area contributed by atoms with Crippen LogP contribution >= 0.6 is 11.3 Å². The number of aryl methyl sites for hydroxylation is 1. The highest BCUT2D eigenvalue weighted by Crippen LogP contribution is 2.43. The minimum Gasteiger partial charge on any atom is -0.496 e. The second-order valence-corrected chi connectivity index (χ2v) is 9.98. The number of nitrogens with zero attached hydrogens (tertiary/aromatic N) is 2. The van der Waals surface area contributed by atoms with Crippen LogP contribution in [0.15, 0.2) is 82.1 Å². The van der Waals surface area contributed by atoms with E-state index < -0.39 is 0 Å². The Labute approximate surface area is 211 Å². The van der Waals surface area contributed by atoms with E-state index in [1.165, 1.54) is 16.9 Å². The van der Waals surface area contributed by atoms with E-state index in [9.17, 15) is 4.79 Å². The summed E-state index contributed by atoms with van der Waals surface area (Å²) in [5.41, 5.74) is 6.36. The van der Waals surface area contributed by atoms with Crippen LogP contribution in [0.1, 0.15) is 34.7 Å². The van der Waals surface area contributed by atoms with Crippen molar-refractivity contribution in [3.05, 3.63) is 114 Å². The van der Waals surface area contributed by atoms with E-state index in [-0.39, 0.29) is 18.4 Å². The molecule has 0 spiro atoms. The van der Waals surface area contributed by atoms with Crippen molar-refractivity contribution in [2.24, 2.45) is 4.99 Å². The fourth-order valence-electron chi connectivity index (χ4n) is 5.35. The van der Waals surface area contributed by atoms with Gasteiger partial charge in [0, 0.05) is 11.1 Å². The number of benzene rings is 3. The lowest BCUT2D eigenvalue weighted by atomic mass is 9.83. The van der Waals surface area contributed by atoms with Crippen molar-refractivity contribution in [1.29, 1.82) is 0 Å². The Morgan fingerprint density at radius 2 is 1.86 bits per heavy atom. The van der Waals surface area contributed by atoms with Crippen LogP contribution in [0.4, 0.5) is 0 Å². The van der Waals surface area contributed by atoms with Crippen LogP contribution in [-0.2, 0) is 6.42 Å². The molecule has 0 bridgehead atoms. The third kappa shape index (κ3) is 3.23. The molecule has 3 heterocycles. The molecule has 0 saturated heterocycles. The largest absolute Gasteiger partial charge is 0.496 e. The summed E-state index contributed by atoms with van der Waals surface area (Å²) in [7, 11) is 1.67. The number of ether oxygens (including phenoxy) is 3. The molecule has 0 amide bonds. The summed E-state index contributed by atoms with van der Waals surface area (Å²) in [6.45, 7) is 0.215. The smallest absolute Gasteiger partial charge is 0.271 e. The molecule has 1 aromatic heterocycles. The van der Waals surface area contributed by atoms with Crippen LogP contribution in [-0.4, -0.2) is 18.5 Å². The molecule has 0 unspecified atom stereocenters. The number of fused-ring (bicyclic) bond motifs is 4. The first-order chi connectivity index (χ1) is 17.7. The maximum absolute atomic E-state index is 13.9. The molecule has 1 atom stereocenters. The van der Waals surface area contributed by atoms with Gasteiger partial charge in [0.1, 0.15) is 5.75 Å². The summed E-state index contributed by atoms with van der Waals surface area (Å²) in [5.74, 6) is 2.17. The number of rotatable bonds is 3. The van der Waals surface area contributed by atoms with Crippen LogP contribution in [0.2, 0.25) is 0 Å². The number of hydrogen-bond acceptors (Lipinski definition) is 6. The SMILES string of the molecule is COc1ccccc1[C@@H]1C2=C(N=c3s/c(=C\c4ccc5c(c4)OCO5)c(=O)n31)c1ccccc1CC2. The Hall–Kier alpha value is -4.10. The second-order valence-electron chi connectivity index (χ2n) is 8.97. The van der Waals surface area contributed by atoms with Gasteiger partial charge in [-0.3, -0.25) is 9.36 Å². The van der Waals surface area contributed by atoms with Crippen molar-refractivity contribution >= 4 is 23.1 Å². The number of methoxy groups -OCH3 is 1. The van der Waals surface area contributed by atoms with Gasteiger partial charge in [-0.15, -0.1) is 0 Å². The van der Waals surface area contributed by atoms with Gasteiger partial charge < -0.3 is 14.2 Å². The molecule has 36 heavy (non-hydrogen) atoms. The highest BCUT2D eigenvalue weighted by molar-refractivity contribution is 7.07. The lowest BCUT2D eigenvalue weighted by Gasteiger charge is -2.31. The maximum Gasteiger partial charge on any atom is 0.271 e. The van der Waals surface area contributed by atoms with Gasteiger partial charge in [0.2, 0.25) is 6.79 Å². The first kappa shape index (κ1) is 21.2. The zero-order chi connectivity index (χ0) is 24.2. The Bertz CT molecular complexity index is 1750. The average Bonchev–Trinajstić information content (AvgIpc) is 3.51. The Morgan fingerprint density at radius 3 is 2.78 bits per heavy atom. The molecule has 2 aliphatic heterocycles. The molecular formula is C29H22N2O4S. The Morgan fingerprint density at radius 1 is 1.03 bits per heavy atom. The minimum absolute atomic E-state index is 0.0577. The van der Waals surface area contributed by atoms with Crippen LogP contribution in [0.3, 0.4) is 0 Å². The van der Waals surface area contributed by atoms with Crippen LogP contribution in [0.5, 0.6) is 17.2 Å². The van der Waals surface area contributed by atoms with E-state index in [0.29, 0.717) is 15.1 Å². The predicted molar refractivity (Wildman–Crippen MR) is 138 cm³/mol. The fraction of sp³-hybridized carbons (Fsp3) is 0.172. The van der Waals surface area contributed by atoms with Gasteiger partial charge in [0.15, 0.2) is 16.3 Å². The highest BCUT2D eigenvalue weighted by Gasteiger charge is 2.34. The standard InChI is InChI=1S/C29H22N2O4S/c1-33-22-9-5-4-8-20(22)27-21-12-11-18-6-2-3-7-19(18)26(21)30-29-31(27)28(32)25(36-29)15-17-10-13-23-24(14-17)35-16-34-23/h2-10,13-15,27H,11-12,16H2,1H3/b25-15-/t27-/m1/s1. The Kier molecular flexibility index (Phi) is 4.85. The van der Waals surface area contributed by atoms with E-state index in [1.54, 1.807) is 7.11 Å². The summed E-state index contributed by atoms with van der Waals surface area (Å²) in [4.78, 5) is 19.7. The molecule has 178 valence electrons. The molecule has 3 aliphatic rings. The van der Waals surface area contributed by atoms with Crippen LogP contribution in [0, 0.1) is 0 Å². The maximum atomic E-state index is 13.9. The molecule has 1 aliphatic carbocycles. The number of allylic oxidation sites excluding steroid dienone is 1. The second kappa shape index (κ2) is 8.24. The number of aromatic nitrogens is 1. The molecule has 6 nitrogen and oxygen atoms in total. The molecule has 7 rings (SSSR count). The van der Waals surface area contributed by atoms with E-state index in [0.717, 1.165) is 52.3 Å². The van der Waals surface area contributed by atoms with Gasteiger partial charge in [-0.05, 0) is 53.8 Å². The van der Waals surface area contributed by atoms with E-state index >= 15 is 0 Å². The van der Waals surface area contributed by atoms with Crippen molar-refractivity contribution in [2.45, 2.75) is 18.9 Å². The predicted octanol–water partition coefficient (Wildman–Crippen LogP) is 4.06. The molecule has 3 aromatic carbocycles. The third-order valence-electron chi connectivity index (χ3n) is 7.00. The van der Waals surface area contributed by atoms with Gasteiger partial charge in [-0.2, -0.15) is 0 Å². The summed E-state index contributed by atoms with van der Waals surface area (Å²) >= 11 is 1.41. The summed E-state index contributed by atoms with van der Waals surface area (Å²) in [6.07, 6.45) is 3.66. The monoisotopic (exact) mass is 494 g/mol. The number of hydrogen-bond donors (Lipinski definition) is 0. The number of para-hydroxylation sites is 1. The molecule has 0 saturated carbocycles.